The first kappa shape index (κ1) is 23.1. The van der Waals surface area contributed by atoms with Crippen LogP contribution in [0.2, 0.25) is 0 Å². The van der Waals surface area contributed by atoms with Gasteiger partial charge in [-0.2, -0.15) is 0 Å². The first-order chi connectivity index (χ1) is 17.6. The third-order valence-electron chi connectivity index (χ3n) is 6.92. The molecule has 0 bridgehead atoms. The summed E-state index contributed by atoms with van der Waals surface area (Å²) >= 11 is 1.19. The van der Waals surface area contributed by atoms with Crippen molar-refractivity contribution in [3.63, 3.8) is 0 Å². The van der Waals surface area contributed by atoms with Gasteiger partial charge in [-0.1, -0.05) is 23.5 Å². The van der Waals surface area contributed by atoms with Gasteiger partial charge in [-0.15, -0.1) is 0 Å². The van der Waals surface area contributed by atoms with Gasteiger partial charge < -0.3 is 30.2 Å². The van der Waals surface area contributed by atoms with Gasteiger partial charge >= 0.3 is 6.29 Å². The van der Waals surface area contributed by atoms with Crippen LogP contribution in [0.3, 0.4) is 0 Å². The van der Waals surface area contributed by atoms with E-state index in [2.05, 4.69) is 32.2 Å². The highest BCUT2D eigenvalue weighted by Crippen LogP contribution is 2.37. The molecule has 3 aromatic rings. The SMILES string of the molecule is Nc1nc(Nc2ccc(N3CCC(N4CCOCC4)CC3)cc2)sc1C(=O)C1Oc2ccccc2O1. The van der Waals surface area contributed by atoms with Gasteiger partial charge in [-0.25, -0.2) is 4.98 Å². The molecule has 2 saturated heterocycles. The van der Waals surface area contributed by atoms with E-state index >= 15 is 0 Å². The van der Waals surface area contributed by atoms with Gasteiger partial charge in [-0.3, -0.25) is 9.69 Å². The quantitative estimate of drug-likeness (QED) is 0.483. The number of hydrogen-bond donors (Lipinski definition) is 2. The molecule has 3 N–H and O–H groups in total. The van der Waals surface area contributed by atoms with Gasteiger partial charge in [0.25, 0.3) is 5.78 Å². The van der Waals surface area contributed by atoms with E-state index in [0.29, 0.717) is 27.5 Å². The number of carbonyl (C=O) groups is 1. The van der Waals surface area contributed by atoms with Gasteiger partial charge in [0, 0.05) is 43.6 Å². The number of anilines is 4. The standard InChI is InChI=1S/C26H29N5O4S/c27-24-23(22(32)25-34-20-3-1-2-4-21(20)35-25)36-26(29-24)28-17-5-7-18(8-6-17)30-11-9-19(10-12-30)31-13-15-33-16-14-31/h1-8,19,25H,9-16,27H2,(H,28,29). The maximum atomic E-state index is 12.9. The molecule has 36 heavy (non-hydrogen) atoms. The number of nitrogen functional groups attached to an aromatic ring is 1. The minimum Gasteiger partial charge on any atom is -0.444 e. The summed E-state index contributed by atoms with van der Waals surface area (Å²) in [6.45, 7) is 5.91. The second-order valence-electron chi connectivity index (χ2n) is 9.15. The zero-order valence-electron chi connectivity index (χ0n) is 19.9. The fourth-order valence-corrected chi connectivity index (χ4v) is 5.84. The molecule has 3 aliphatic rings. The molecule has 4 heterocycles. The van der Waals surface area contributed by atoms with E-state index in [1.165, 1.54) is 29.9 Å². The Kier molecular flexibility index (Phi) is 6.39. The zero-order valence-corrected chi connectivity index (χ0v) is 20.7. The molecule has 6 rings (SSSR count). The maximum absolute atomic E-state index is 12.9. The van der Waals surface area contributed by atoms with Crippen molar-refractivity contribution in [2.24, 2.45) is 0 Å². The number of nitrogens with one attached hydrogen (secondary N) is 1. The van der Waals surface area contributed by atoms with Crippen LogP contribution in [0.25, 0.3) is 0 Å². The van der Waals surface area contributed by atoms with Crippen molar-refractivity contribution in [3.8, 4) is 11.5 Å². The van der Waals surface area contributed by atoms with Crippen LogP contribution >= 0.6 is 11.3 Å². The number of fused-ring (bicyclic) bond motifs is 1. The van der Waals surface area contributed by atoms with E-state index in [9.17, 15) is 4.79 Å². The topological polar surface area (TPSA) is 102 Å². The lowest BCUT2D eigenvalue weighted by molar-refractivity contribution is 0.0115. The number of rotatable bonds is 6. The third kappa shape index (κ3) is 4.71. The lowest BCUT2D eigenvalue weighted by Gasteiger charge is -2.40. The predicted molar refractivity (Wildman–Crippen MR) is 140 cm³/mol. The fourth-order valence-electron chi connectivity index (χ4n) is 4.99. The summed E-state index contributed by atoms with van der Waals surface area (Å²) in [6, 6.07) is 16.2. The third-order valence-corrected chi connectivity index (χ3v) is 7.92. The summed E-state index contributed by atoms with van der Waals surface area (Å²) in [5.41, 5.74) is 8.16. The molecule has 0 aliphatic carbocycles. The fraction of sp³-hybridized carbons (Fsp3) is 0.385. The van der Waals surface area contributed by atoms with Crippen molar-refractivity contribution < 1.29 is 19.0 Å². The maximum Gasteiger partial charge on any atom is 0.306 e. The van der Waals surface area contributed by atoms with Crippen LogP contribution in [0.5, 0.6) is 11.5 Å². The first-order valence-corrected chi connectivity index (χ1v) is 13.1. The molecule has 188 valence electrons. The van der Waals surface area contributed by atoms with Crippen LogP contribution in [0.15, 0.2) is 48.5 Å². The van der Waals surface area contributed by atoms with Gasteiger partial charge in [-0.05, 0) is 49.2 Å². The highest BCUT2D eigenvalue weighted by molar-refractivity contribution is 7.18. The van der Waals surface area contributed by atoms with Crippen molar-refractivity contribution in [1.82, 2.24) is 9.88 Å². The number of nitrogens with zero attached hydrogens (tertiary/aromatic N) is 3. The normalized spacial score (nSPS) is 18.9. The molecule has 0 amide bonds. The molecule has 9 nitrogen and oxygen atoms in total. The molecule has 2 fully saturated rings. The molecule has 0 unspecified atom stereocenters. The van der Waals surface area contributed by atoms with Crippen LogP contribution < -0.4 is 25.4 Å². The minimum absolute atomic E-state index is 0.162. The Morgan fingerprint density at radius 1 is 0.972 bits per heavy atom. The average molecular weight is 508 g/mol. The van der Waals surface area contributed by atoms with Crippen molar-refractivity contribution in [3.05, 3.63) is 53.4 Å². The molecule has 0 radical (unpaired) electrons. The Bertz CT molecular complexity index is 1190. The monoisotopic (exact) mass is 507 g/mol. The number of carbonyl (C=O) groups excluding carboxylic acids is 1. The number of ketones is 1. The van der Waals surface area contributed by atoms with Gasteiger partial charge in [0.1, 0.15) is 10.7 Å². The van der Waals surface area contributed by atoms with Gasteiger partial charge in [0.2, 0.25) is 0 Å². The van der Waals surface area contributed by atoms with Crippen molar-refractivity contribution in [2.45, 2.75) is 25.2 Å². The highest BCUT2D eigenvalue weighted by atomic mass is 32.1. The smallest absolute Gasteiger partial charge is 0.306 e. The zero-order chi connectivity index (χ0) is 24.5. The minimum atomic E-state index is -1.05. The van der Waals surface area contributed by atoms with Crippen molar-refractivity contribution in [2.75, 3.05) is 55.3 Å². The van der Waals surface area contributed by atoms with E-state index in [-0.39, 0.29) is 11.6 Å². The number of Topliss-reactive ketones (excluding diaryl/α,β-unsaturated/α-hetero) is 1. The Hall–Kier alpha value is -3.34. The summed E-state index contributed by atoms with van der Waals surface area (Å²) in [4.78, 5) is 22.6. The number of morpholine rings is 1. The Morgan fingerprint density at radius 3 is 2.31 bits per heavy atom. The second kappa shape index (κ2) is 9.96. The average Bonchev–Trinajstić information content (AvgIpc) is 3.52. The largest absolute Gasteiger partial charge is 0.444 e. The number of para-hydroxylation sites is 2. The number of piperidine rings is 1. The van der Waals surface area contributed by atoms with Gasteiger partial charge in [0.15, 0.2) is 16.6 Å². The Morgan fingerprint density at radius 2 is 1.64 bits per heavy atom. The number of aromatic nitrogens is 1. The number of hydrogen-bond acceptors (Lipinski definition) is 10. The second-order valence-corrected chi connectivity index (χ2v) is 10.1. The van der Waals surface area contributed by atoms with E-state index in [1.54, 1.807) is 12.1 Å². The molecule has 0 atom stereocenters. The Balaban J connectivity index is 1.05. The van der Waals surface area contributed by atoms with E-state index in [0.717, 1.165) is 45.1 Å². The van der Waals surface area contributed by atoms with Crippen LogP contribution in [0.1, 0.15) is 22.5 Å². The van der Waals surface area contributed by atoms with Crippen LogP contribution in [-0.4, -0.2) is 67.4 Å². The molecule has 0 spiro atoms. The summed E-state index contributed by atoms with van der Waals surface area (Å²) in [6.07, 6.45) is 1.30. The van der Waals surface area contributed by atoms with Crippen LogP contribution in [0.4, 0.5) is 22.3 Å². The number of benzene rings is 2. The molecule has 0 saturated carbocycles. The Labute approximate surface area is 213 Å². The van der Waals surface area contributed by atoms with Crippen LogP contribution in [0, 0.1) is 0 Å². The summed E-state index contributed by atoms with van der Waals surface area (Å²) in [5.74, 6) is 0.908. The van der Waals surface area contributed by atoms with Crippen LogP contribution in [-0.2, 0) is 4.74 Å². The molecule has 2 aromatic carbocycles. The number of thiazole rings is 1. The molecule has 1 aromatic heterocycles. The summed E-state index contributed by atoms with van der Waals surface area (Å²) in [7, 11) is 0. The van der Waals surface area contributed by atoms with E-state index in [1.807, 2.05) is 24.3 Å². The lowest BCUT2D eigenvalue weighted by atomic mass is 10.0. The summed E-state index contributed by atoms with van der Waals surface area (Å²) < 4.78 is 16.8. The first-order valence-electron chi connectivity index (χ1n) is 12.3. The van der Waals surface area contributed by atoms with Crippen molar-refractivity contribution >= 4 is 39.4 Å². The molecule has 10 heteroatoms. The number of ether oxygens (including phenoxy) is 3. The van der Waals surface area contributed by atoms with E-state index in [4.69, 9.17) is 19.9 Å². The lowest BCUT2D eigenvalue weighted by Crippen LogP contribution is -2.49. The van der Waals surface area contributed by atoms with Gasteiger partial charge in [0.05, 0.1) is 13.2 Å². The molecule has 3 aliphatic heterocycles. The molecular formula is C26H29N5O4S. The summed E-state index contributed by atoms with van der Waals surface area (Å²) in [5, 5.41) is 3.81. The number of nitrogens with two attached hydrogens (primary N) is 1. The van der Waals surface area contributed by atoms with E-state index < -0.39 is 6.29 Å². The predicted octanol–water partition coefficient (Wildman–Crippen LogP) is 3.75. The molecular weight excluding hydrogens is 478 g/mol. The highest BCUT2D eigenvalue weighted by Gasteiger charge is 2.34. The van der Waals surface area contributed by atoms with Crippen molar-refractivity contribution in [1.29, 1.82) is 0 Å².